The number of hydrogen-bond donors (Lipinski definition) is 2. The summed E-state index contributed by atoms with van der Waals surface area (Å²) in [5.74, 6) is -1.66. The van der Waals surface area contributed by atoms with Gasteiger partial charge in [0.2, 0.25) is 0 Å². The molecule has 0 aliphatic carbocycles. The van der Waals surface area contributed by atoms with E-state index in [4.69, 9.17) is 10.9 Å². The summed E-state index contributed by atoms with van der Waals surface area (Å²) >= 11 is 1.24. The van der Waals surface area contributed by atoms with E-state index in [0.29, 0.717) is 20.2 Å². The molecule has 2 heterocycles. The highest BCUT2D eigenvalue weighted by molar-refractivity contribution is 7.87. The molecular weight excluding hydrogens is 328 g/mol. The summed E-state index contributed by atoms with van der Waals surface area (Å²) in [4.78, 5) is 15.5. The molecule has 8 nitrogen and oxygen atoms in total. The molecule has 0 aliphatic heterocycles. The first kappa shape index (κ1) is 14.5. The second-order valence-electron chi connectivity index (χ2n) is 4.41. The van der Waals surface area contributed by atoms with Crippen LogP contribution in [-0.2, 0) is 10.2 Å². The number of aromatic nitrogens is 2. The van der Waals surface area contributed by atoms with Crippen LogP contribution in [0.4, 0.5) is 5.13 Å². The van der Waals surface area contributed by atoms with Crippen molar-refractivity contribution in [2.75, 3.05) is 5.73 Å². The minimum absolute atomic E-state index is 0.143. The summed E-state index contributed by atoms with van der Waals surface area (Å²) in [5, 5.41) is 16.7. The lowest BCUT2D eigenvalue weighted by Crippen LogP contribution is -2.31. The van der Waals surface area contributed by atoms with Gasteiger partial charge < -0.3 is 15.6 Å². The van der Waals surface area contributed by atoms with Crippen LogP contribution in [0.5, 0.6) is 0 Å². The summed E-state index contributed by atoms with van der Waals surface area (Å²) in [6.45, 7) is 0. The van der Waals surface area contributed by atoms with Gasteiger partial charge in [0.25, 0.3) is 0 Å². The van der Waals surface area contributed by atoms with Crippen molar-refractivity contribution in [3.63, 3.8) is 0 Å². The number of rotatable bonds is 3. The Bertz CT molecular complexity index is 1000. The Balaban J connectivity index is 2.37. The van der Waals surface area contributed by atoms with Crippen LogP contribution in [0, 0.1) is 0 Å². The first-order valence-corrected chi connectivity index (χ1v) is 8.22. The summed E-state index contributed by atoms with van der Waals surface area (Å²) in [7, 11) is -4.26. The number of carbonyl (C=O) groups is 1. The maximum atomic E-state index is 11.5. The van der Waals surface area contributed by atoms with Gasteiger partial charge in [-0.1, -0.05) is 23.5 Å². The molecule has 0 bridgehead atoms. The number of nitrogens with zero attached hydrogens (tertiary/aromatic N) is 2. The molecule has 2 aromatic heterocycles. The van der Waals surface area contributed by atoms with Crippen LogP contribution in [0.25, 0.3) is 21.3 Å². The van der Waals surface area contributed by atoms with Crippen LogP contribution in [0.2, 0.25) is 0 Å². The minimum Gasteiger partial charge on any atom is -0.543 e. The number of aromatic carboxylic acids is 1. The molecule has 0 saturated heterocycles. The second-order valence-corrected chi connectivity index (χ2v) is 6.90. The molecule has 0 aliphatic rings. The number of nitrogens with two attached hydrogens (primary N) is 2. The molecule has 0 amide bonds. The summed E-state index contributed by atoms with van der Waals surface area (Å²) < 4.78 is 24.2. The van der Waals surface area contributed by atoms with Crippen LogP contribution in [0.15, 0.2) is 30.5 Å². The standard InChI is InChI=1S/C12H10N4O4S2/c13-12-15-9-6(2-1-3-8(9)21-12)7-4-5-16(22(14,19)20)10(7)11(17)18/h1-5H,(H2,13,15)(H,17,18)(H2,14,19,20)/p-1. The SMILES string of the molecule is Nc1nc2c(-c3ccn(S(N)(=O)=O)c3C(=O)[O-])cccc2s1. The van der Waals surface area contributed by atoms with E-state index in [0.717, 1.165) is 10.9 Å². The van der Waals surface area contributed by atoms with Crippen LogP contribution in [-0.4, -0.2) is 23.3 Å². The fraction of sp³-hybridized carbons (Fsp3) is 0. The Morgan fingerprint density at radius 3 is 2.64 bits per heavy atom. The monoisotopic (exact) mass is 337 g/mol. The van der Waals surface area contributed by atoms with E-state index in [1.165, 1.54) is 17.4 Å². The molecule has 114 valence electrons. The van der Waals surface area contributed by atoms with E-state index in [9.17, 15) is 18.3 Å². The van der Waals surface area contributed by atoms with E-state index < -0.39 is 21.9 Å². The quantitative estimate of drug-likeness (QED) is 0.675. The molecule has 22 heavy (non-hydrogen) atoms. The molecule has 0 saturated carbocycles. The molecule has 0 unspecified atom stereocenters. The molecule has 0 radical (unpaired) electrons. The van der Waals surface area contributed by atoms with Crippen molar-refractivity contribution in [3.05, 3.63) is 36.2 Å². The van der Waals surface area contributed by atoms with E-state index in [-0.39, 0.29) is 5.56 Å². The number of carbonyl (C=O) groups excluding carboxylic acids is 1. The van der Waals surface area contributed by atoms with Crippen molar-refractivity contribution in [2.45, 2.75) is 0 Å². The van der Waals surface area contributed by atoms with Crippen molar-refractivity contribution in [3.8, 4) is 11.1 Å². The Kier molecular flexibility index (Phi) is 3.16. The number of carboxylic acids is 1. The fourth-order valence-electron chi connectivity index (χ4n) is 2.23. The van der Waals surface area contributed by atoms with E-state index in [1.54, 1.807) is 18.2 Å². The third-order valence-corrected chi connectivity index (χ3v) is 4.75. The van der Waals surface area contributed by atoms with Gasteiger partial charge in [0.15, 0.2) is 5.13 Å². The normalized spacial score (nSPS) is 11.9. The fourth-order valence-corrected chi connectivity index (χ4v) is 3.65. The van der Waals surface area contributed by atoms with E-state index in [1.807, 2.05) is 0 Å². The molecule has 0 spiro atoms. The number of nitrogen functional groups attached to an aromatic ring is 1. The highest BCUT2D eigenvalue weighted by Gasteiger charge is 2.20. The third kappa shape index (κ3) is 2.22. The summed E-state index contributed by atoms with van der Waals surface area (Å²) in [6.07, 6.45) is 1.06. The lowest BCUT2D eigenvalue weighted by Gasteiger charge is -2.10. The minimum atomic E-state index is -4.26. The lowest BCUT2D eigenvalue weighted by molar-refractivity contribution is -0.255. The van der Waals surface area contributed by atoms with Gasteiger partial charge in [-0.3, -0.25) is 0 Å². The zero-order valence-corrected chi connectivity index (χ0v) is 12.5. The number of para-hydroxylation sites is 1. The van der Waals surface area contributed by atoms with Crippen LogP contribution < -0.4 is 16.0 Å². The molecule has 0 fully saturated rings. The zero-order valence-electron chi connectivity index (χ0n) is 10.9. The molecule has 1 aromatic carbocycles. The first-order valence-electron chi connectivity index (χ1n) is 5.90. The van der Waals surface area contributed by atoms with E-state index >= 15 is 0 Å². The molecule has 3 rings (SSSR count). The number of fused-ring (bicyclic) bond motifs is 1. The van der Waals surface area contributed by atoms with Crippen molar-refractivity contribution in [2.24, 2.45) is 5.14 Å². The highest BCUT2D eigenvalue weighted by atomic mass is 32.2. The van der Waals surface area contributed by atoms with E-state index in [2.05, 4.69) is 4.98 Å². The summed E-state index contributed by atoms with van der Waals surface area (Å²) in [6, 6.07) is 6.43. The van der Waals surface area contributed by atoms with Gasteiger partial charge in [-0.05, 0) is 12.1 Å². The van der Waals surface area contributed by atoms with Crippen molar-refractivity contribution < 1.29 is 18.3 Å². The molecule has 4 N–H and O–H groups in total. The van der Waals surface area contributed by atoms with Gasteiger partial charge in [0, 0.05) is 17.3 Å². The number of thiazole rings is 1. The first-order chi connectivity index (χ1) is 10.3. The number of carboxylic acid groups (broad SMARTS) is 1. The van der Waals surface area contributed by atoms with Gasteiger partial charge in [-0.15, -0.1) is 0 Å². The number of hydrogen-bond acceptors (Lipinski definition) is 7. The maximum Gasteiger partial charge on any atom is 0.302 e. The van der Waals surface area contributed by atoms with Crippen molar-refractivity contribution >= 4 is 42.9 Å². The van der Waals surface area contributed by atoms with Crippen molar-refractivity contribution in [1.82, 2.24) is 8.96 Å². The smallest absolute Gasteiger partial charge is 0.302 e. The third-order valence-electron chi connectivity index (χ3n) is 3.05. The van der Waals surface area contributed by atoms with Gasteiger partial charge >= 0.3 is 10.2 Å². The topological polar surface area (TPSA) is 144 Å². The largest absolute Gasteiger partial charge is 0.543 e. The van der Waals surface area contributed by atoms with Crippen LogP contribution in [0.1, 0.15) is 10.5 Å². The molecule has 3 aromatic rings. The van der Waals surface area contributed by atoms with Gasteiger partial charge in [-0.2, -0.15) is 8.42 Å². The number of benzene rings is 1. The van der Waals surface area contributed by atoms with Crippen molar-refractivity contribution in [1.29, 1.82) is 0 Å². The van der Waals surface area contributed by atoms with Gasteiger partial charge in [0.05, 0.1) is 21.9 Å². The average molecular weight is 337 g/mol. The maximum absolute atomic E-state index is 11.5. The summed E-state index contributed by atoms with van der Waals surface area (Å²) in [5.41, 5.74) is 6.18. The highest BCUT2D eigenvalue weighted by Crippen LogP contribution is 2.34. The van der Waals surface area contributed by atoms with Gasteiger partial charge in [-0.25, -0.2) is 14.1 Å². The lowest BCUT2D eigenvalue weighted by atomic mass is 10.1. The number of anilines is 1. The average Bonchev–Trinajstić information content (AvgIpc) is 2.98. The second kappa shape index (κ2) is 4.80. The van der Waals surface area contributed by atoms with Crippen LogP contribution in [0.3, 0.4) is 0 Å². The van der Waals surface area contributed by atoms with Crippen LogP contribution >= 0.6 is 11.3 Å². The zero-order chi connectivity index (χ0) is 16.1. The Hall–Kier alpha value is -2.43. The predicted octanol–water partition coefficient (Wildman–Crippen LogP) is -0.238. The Morgan fingerprint density at radius 1 is 1.27 bits per heavy atom. The Labute approximate surface area is 128 Å². The Morgan fingerprint density at radius 2 is 2.00 bits per heavy atom. The predicted molar refractivity (Wildman–Crippen MR) is 80.3 cm³/mol. The molecule has 10 heteroatoms. The molecular formula is C12H9N4O4S2-. The van der Waals surface area contributed by atoms with Gasteiger partial charge in [0.1, 0.15) is 0 Å². The molecule has 0 atom stereocenters.